The van der Waals surface area contributed by atoms with Crippen molar-refractivity contribution in [2.24, 2.45) is 5.92 Å². The number of nitrogens with one attached hydrogen (secondary N) is 1. The molecule has 1 aliphatic rings. The Kier molecular flexibility index (Phi) is 3.67. The van der Waals surface area contributed by atoms with Crippen LogP contribution >= 0.6 is 0 Å². The fourth-order valence-electron chi connectivity index (χ4n) is 1.91. The van der Waals surface area contributed by atoms with Gasteiger partial charge >= 0.3 is 11.8 Å². The van der Waals surface area contributed by atoms with Gasteiger partial charge < -0.3 is 10.2 Å². The molecule has 1 aliphatic heterocycles. The molecule has 1 rings (SSSR count). The van der Waals surface area contributed by atoms with E-state index in [9.17, 15) is 9.59 Å². The third-order valence-corrected chi connectivity index (χ3v) is 2.57. The Bertz CT molecular complexity index is 308. The first-order valence-electron chi connectivity index (χ1n) is 5.02. The summed E-state index contributed by atoms with van der Waals surface area (Å²) < 4.78 is 0. The summed E-state index contributed by atoms with van der Waals surface area (Å²) >= 11 is 0. The molecule has 1 saturated heterocycles. The van der Waals surface area contributed by atoms with Crippen molar-refractivity contribution in [2.75, 3.05) is 13.1 Å². The van der Waals surface area contributed by atoms with Crippen LogP contribution in [-0.2, 0) is 9.59 Å². The first kappa shape index (κ1) is 11.5. The highest BCUT2D eigenvalue weighted by molar-refractivity contribution is 6.35. The van der Waals surface area contributed by atoms with E-state index in [0.717, 1.165) is 6.42 Å². The van der Waals surface area contributed by atoms with E-state index in [4.69, 9.17) is 5.26 Å². The van der Waals surface area contributed by atoms with Gasteiger partial charge in [0.15, 0.2) is 0 Å². The van der Waals surface area contributed by atoms with Crippen molar-refractivity contribution < 1.29 is 9.59 Å². The highest BCUT2D eigenvalue weighted by Gasteiger charge is 2.32. The number of amides is 2. The largest absolute Gasteiger partial charge is 0.335 e. The number of nitriles is 1. The summed E-state index contributed by atoms with van der Waals surface area (Å²) in [5.74, 6) is -0.771. The van der Waals surface area contributed by atoms with Crippen LogP contribution in [0, 0.1) is 17.2 Å². The number of hydrogen-bond donors (Lipinski definition) is 1. The predicted octanol–water partition coefficient (Wildman–Crippen LogP) is -0.117. The van der Waals surface area contributed by atoms with Crippen LogP contribution in [0.5, 0.6) is 0 Å². The van der Waals surface area contributed by atoms with Crippen LogP contribution in [0.3, 0.4) is 0 Å². The topological polar surface area (TPSA) is 73.2 Å². The smallest absolute Gasteiger partial charge is 0.312 e. The second kappa shape index (κ2) is 4.78. The summed E-state index contributed by atoms with van der Waals surface area (Å²) in [5.41, 5.74) is 0. The molecule has 0 aromatic heterocycles. The van der Waals surface area contributed by atoms with Crippen LogP contribution in [0.4, 0.5) is 0 Å². The van der Waals surface area contributed by atoms with Crippen LogP contribution in [0.25, 0.3) is 0 Å². The molecular weight excluding hydrogens is 194 g/mol. The molecule has 5 nitrogen and oxygen atoms in total. The SMILES string of the molecule is CC1CC(C)N(C(=O)C(=O)NCC#N)C1. The van der Waals surface area contributed by atoms with Gasteiger partial charge in [-0.05, 0) is 19.3 Å². The third-order valence-electron chi connectivity index (χ3n) is 2.57. The van der Waals surface area contributed by atoms with Gasteiger partial charge in [0.05, 0.1) is 6.07 Å². The van der Waals surface area contributed by atoms with Crippen molar-refractivity contribution in [3.63, 3.8) is 0 Å². The Balaban J connectivity index is 2.54. The Morgan fingerprint density at radius 1 is 1.53 bits per heavy atom. The van der Waals surface area contributed by atoms with Gasteiger partial charge in [-0.3, -0.25) is 9.59 Å². The number of carbonyl (C=O) groups is 2. The van der Waals surface area contributed by atoms with Crippen molar-refractivity contribution >= 4 is 11.8 Å². The molecule has 0 aliphatic carbocycles. The average Bonchev–Trinajstić information content (AvgIpc) is 2.53. The van der Waals surface area contributed by atoms with Gasteiger partial charge in [0.1, 0.15) is 6.54 Å². The molecule has 0 bridgehead atoms. The van der Waals surface area contributed by atoms with Gasteiger partial charge in [0.2, 0.25) is 0 Å². The number of hydrogen-bond acceptors (Lipinski definition) is 3. The Labute approximate surface area is 89.0 Å². The molecule has 0 spiro atoms. The molecule has 0 aromatic carbocycles. The van der Waals surface area contributed by atoms with Crippen molar-refractivity contribution in [3.05, 3.63) is 0 Å². The summed E-state index contributed by atoms with van der Waals surface area (Å²) in [6.07, 6.45) is 0.928. The summed E-state index contributed by atoms with van der Waals surface area (Å²) in [6, 6.07) is 1.87. The van der Waals surface area contributed by atoms with Crippen molar-refractivity contribution in [1.29, 1.82) is 5.26 Å². The minimum atomic E-state index is -0.683. The molecular formula is C10H15N3O2. The molecule has 1 fully saturated rings. The standard InChI is InChI=1S/C10H15N3O2/c1-7-5-8(2)13(6-7)10(15)9(14)12-4-3-11/h7-8H,4-6H2,1-2H3,(H,12,14). The highest BCUT2D eigenvalue weighted by atomic mass is 16.2. The zero-order valence-corrected chi connectivity index (χ0v) is 8.99. The fraction of sp³-hybridized carbons (Fsp3) is 0.700. The molecule has 2 unspecified atom stereocenters. The van der Waals surface area contributed by atoms with Crippen LogP contribution in [0.15, 0.2) is 0 Å². The van der Waals surface area contributed by atoms with Crippen LogP contribution in [0.1, 0.15) is 20.3 Å². The second-order valence-electron chi connectivity index (χ2n) is 3.99. The second-order valence-corrected chi connectivity index (χ2v) is 3.99. The minimum absolute atomic E-state index is 0.111. The molecule has 15 heavy (non-hydrogen) atoms. The normalized spacial score (nSPS) is 24.7. The van der Waals surface area contributed by atoms with Crippen molar-refractivity contribution in [3.8, 4) is 6.07 Å². The van der Waals surface area contributed by atoms with E-state index >= 15 is 0 Å². The van der Waals surface area contributed by atoms with Crippen molar-refractivity contribution in [1.82, 2.24) is 10.2 Å². The minimum Gasteiger partial charge on any atom is -0.335 e. The Morgan fingerprint density at radius 2 is 2.20 bits per heavy atom. The Morgan fingerprint density at radius 3 is 2.67 bits per heavy atom. The lowest BCUT2D eigenvalue weighted by atomic mass is 10.1. The first-order chi connectivity index (χ1) is 7.06. The average molecular weight is 209 g/mol. The quantitative estimate of drug-likeness (QED) is 0.483. The van der Waals surface area contributed by atoms with Crippen LogP contribution < -0.4 is 5.32 Å². The van der Waals surface area contributed by atoms with E-state index in [1.165, 1.54) is 0 Å². The molecule has 5 heteroatoms. The maximum absolute atomic E-state index is 11.6. The molecule has 1 N–H and O–H groups in total. The zero-order chi connectivity index (χ0) is 11.4. The van der Waals surface area contributed by atoms with E-state index in [1.54, 1.807) is 11.0 Å². The fourth-order valence-corrected chi connectivity index (χ4v) is 1.91. The summed E-state index contributed by atoms with van der Waals surface area (Å²) in [5, 5.41) is 10.5. The third kappa shape index (κ3) is 2.69. The number of nitrogens with zero attached hydrogens (tertiary/aromatic N) is 2. The van der Waals surface area contributed by atoms with E-state index < -0.39 is 11.8 Å². The van der Waals surface area contributed by atoms with Gasteiger partial charge in [0, 0.05) is 12.6 Å². The predicted molar refractivity (Wildman–Crippen MR) is 53.6 cm³/mol. The van der Waals surface area contributed by atoms with Gasteiger partial charge in [-0.15, -0.1) is 0 Å². The molecule has 2 amide bonds. The molecule has 0 aromatic rings. The molecule has 0 radical (unpaired) electrons. The monoisotopic (exact) mass is 209 g/mol. The van der Waals surface area contributed by atoms with Gasteiger partial charge in [-0.1, -0.05) is 6.92 Å². The molecule has 82 valence electrons. The van der Waals surface area contributed by atoms with E-state index in [1.807, 2.05) is 6.92 Å². The van der Waals surface area contributed by atoms with E-state index in [-0.39, 0.29) is 12.6 Å². The maximum Gasteiger partial charge on any atom is 0.312 e. The lowest BCUT2D eigenvalue weighted by Crippen LogP contribution is -2.44. The van der Waals surface area contributed by atoms with E-state index in [0.29, 0.717) is 12.5 Å². The van der Waals surface area contributed by atoms with Gasteiger partial charge in [-0.2, -0.15) is 5.26 Å². The number of likely N-dealkylation sites (tertiary alicyclic amines) is 1. The van der Waals surface area contributed by atoms with Crippen LogP contribution in [0.2, 0.25) is 0 Å². The van der Waals surface area contributed by atoms with E-state index in [2.05, 4.69) is 12.2 Å². The Hall–Kier alpha value is -1.57. The molecule has 1 heterocycles. The van der Waals surface area contributed by atoms with Crippen molar-refractivity contribution in [2.45, 2.75) is 26.3 Å². The zero-order valence-electron chi connectivity index (χ0n) is 8.99. The highest BCUT2D eigenvalue weighted by Crippen LogP contribution is 2.21. The lowest BCUT2D eigenvalue weighted by molar-refractivity contribution is -0.146. The summed E-state index contributed by atoms with van der Waals surface area (Å²) in [6.45, 7) is 4.48. The number of carbonyl (C=O) groups excluding carboxylic acids is 2. The maximum atomic E-state index is 11.6. The van der Waals surface area contributed by atoms with Gasteiger partial charge in [0.25, 0.3) is 0 Å². The molecule has 2 atom stereocenters. The summed E-state index contributed by atoms with van der Waals surface area (Å²) in [4.78, 5) is 24.5. The first-order valence-corrected chi connectivity index (χ1v) is 5.02. The lowest BCUT2D eigenvalue weighted by Gasteiger charge is -2.20. The summed E-state index contributed by atoms with van der Waals surface area (Å²) in [7, 11) is 0. The molecule has 0 saturated carbocycles. The van der Waals surface area contributed by atoms with Crippen LogP contribution in [-0.4, -0.2) is 35.8 Å². The van der Waals surface area contributed by atoms with Gasteiger partial charge in [-0.25, -0.2) is 0 Å². The number of rotatable bonds is 1.